The predicted molar refractivity (Wildman–Crippen MR) is 129 cm³/mol. The van der Waals surface area contributed by atoms with E-state index < -0.39 is 0 Å². The minimum Gasteiger partial charge on any atom is -0.289 e. The van der Waals surface area contributed by atoms with Crippen LogP contribution in [0.2, 0.25) is 0 Å². The Balaban J connectivity index is 2.05. The molecule has 7 aromatic carbocycles. The molecule has 0 amide bonds. The fourth-order valence-corrected chi connectivity index (χ4v) is 5.50. The number of benzene rings is 4. The molecule has 0 radical (unpaired) electrons. The molecule has 0 aliphatic heterocycles. The maximum Gasteiger partial charge on any atom is 0.194 e. The zero-order chi connectivity index (χ0) is 21.0. The Kier molecular flexibility index (Phi) is 2.86. The highest BCUT2D eigenvalue weighted by Crippen LogP contribution is 2.42. The number of aryl methyl sites for hydroxylation is 1. The molecule has 0 aromatic heterocycles. The van der Waals surface area contributed by atoms with Gasteiger partial charge in [-0.3, -0.25) is 14.4 Å². The Labute approximate surface area is 174 Å². The Hall–Kier alpha value is -4.11. The van der Waals surface area contributed by atoms with Gasteiger partial charge in [-0.05, 0) is 23.1 Å². The van der Waals surface area contributed by atoms with Crippen LogP contribution in [0, 0.1) is 6.92 Å². The Bertz CT molecular complexity index is 2010. The highest BCUT2D eigenvalue weighted by molar-refractivity contribution is 6.42. The van der Waals surface area contributed by atoms with Gasteiger partial charge in [0.15, 0.2) is 16.3 Å². The van der Waals surface area contributed by atoms with Gasteiger partial charge in [0.1, 0.15) is 0 Å². The summed E-state index contributed by atoms with van der Waals surface area (Å²) in [5.41, 5.74) is 0.676. The highest BCUT2D eigenvalue weighted by Gasteiger charge is 2.26. The summed E-state index contributed by atoms with van der Waals surface area (Å²) in [6, 6.07) is 20.6. The van der Waals surface area contributed by atoms with Crippen LogP contribution in [-0.2, 0) is 0 Å². The molecule has 144 valence electrons. The molecular weight excluding hydrogens is 384 g/mol. The first-order valence-electron chi connectivity index (χ1n) is 10.3. The smallest absolute Gasteiger partial charge is 0.194 e. The fourth-order valence-electron chi connectivity index (χ4n) is 5.50. The second-order valence-electron chi connectivity index (χ2n) is 8.38. The van der Waals surface area contributed by atoms with Crippen molar-refractivity contribution >= 4 is 64.6 Å². The van der Waals surface area contributed by atoms with Gasteiger partial charge in [0.05, 0.1) is 0 Å². The van der Waals surface area contributed by atoms with Crippen molar-refractivity contribution < 1.29 is 0 Å². The van der Waals surface area contributed by atoms with E-state index in [9.17, 15) is 14.4 Å². The molecule has 0 heterocycles. The summed E-state index contributed by atoms with van der Waals surface area (Å²) in [7, 11) is 0. The van der Waals surface area contributed by atoms with Crippen molar-refractivity contribution in [2.24, 2.45) is 0 Å². The average Bonchev–Trinajstić information content (AvgIpc) is 3.36. The number of fused-ring (bicyclic) bond motifs is 12. The third kappa shape index (κ3) is 1.79. The Morgan fingerprint density at radius 2 is 0.806 bits per heavy atom. The van der Waals surface area contributed by atoms with Gasteiger partial charge in [-0.25, -0.2) is 0 Å². The van der Waals surface area contributed by atoms with E-state index in [-0.39, 0.29) is 16.3 Å². The third-order valence-corrected chi connectivity index (χ3v) is 6.75. The lowest BCUT2D eigenvalue weighted by atomic mass is 9.99. The van der Waals surface area contributed by atoms with Crippen molar-refractivity contribution in [1.29, 1.82) is 0 Å². The molecule has 0 spiro atoms. The largest absolute Gasteiger partial charge is 0.289 e. The quantitative estimate of drug-likeness (QED) is 0.348. The van der Waals surface area contributed by atoms with E-state index in [2.05, 4.69) is 0 Å². The molecule has 3 nitrogen and oxygen atoms in total. The van der Waals surface area contributed by atoms with Crippen LogP contribution in [0.3, 0.4) is 0 Å². The monoisotopic (exact) mass is 398 g/mol. The summed E-state index contributed by atoms with van der Waals surface area (Å²) in [6.45, 7) is 1.98. The maximum atomic E-state index is 13.6. The lowest BCUT2D eigenvalue weighted by molar-refractivity contribution is 1.51. The van der Waals surface area contributed by atoms with Crippen molar-refractivity contribution in [3.8, 4) is 0 Å². The molecule has 31 heavy (non-hydrogen) atoms. The van der Waals surface area contributed by atoms with Gasteiger partial charge in [0, 0.05) is 48.5 Å². The van der Waals surface area contributed by atoms with E-state index in [0.717, 1.165) is 21.7 Å². The fraction of sp³-hybridized carbons (Fsp3) is 0.0357. The third-order valence-electron chi connectivity index (χ3n) is 6.75. The summed E-state index contributed by atoms with van der Waals surface area (Å²) in [5.74, 6) is 0. The van der Waals surface area contributed by atoms with Gasteiger partial charge in [-0.15, -0.1) is 0 Å². The first kappa shape index (κ1) is 16.7. The average molecular weight is 398 g/mol. The Morgan fingerprint density at radius 1 is 0.419 bits per heavy atom. The molecule has 7 aromatic rings. The zero-order valence-corrected chi connectivity index (χ0v) is 16.6. The Morgan fingerprint density at radius 3 is 1.29 bits per heavy atom. The maximum absolute atomic E-state index is 13.6. The van der Waals surface area contributed by atoms with Crippen molar-refractivity contribution in [3.05, 3.63) is 103 Å². The zero-order valence-electron chi connectivity index (χ0n) is 16.6. The number of hydrogen-bond donors (Lipinski definition) is 0. The molecule has 0 aliphatic rings. The summed E-state index contributed by atoms with van der Waals surface area (Å²) in [5, 5.41) is 7.63. The molecule has 0 saturated carbocycles. The first-order chi connectivity index (χ1) is 15.1. The van der Waals surface area contributed by atoms with Crippen molar-refractivity contribution in [3.63, 3.8) is 0 Å². The van der Waals surface area contributed by atoms with Crippen LogP contribution in [0.5, 0.6) is 0 Å². The number of hydrogen-bond acceptors (Lipinski definition) is 3. The predicted octanol–water partition coefficient (Wildman–Crippen LogP) is 5.31. The van der Waals surface area contributed by atoms with Gasteiger partial charge in [0.2, 0.25) is 0 Å². The van der Waals surface area contributed by atoms with Gasteiger partial charge < -0.3 is 0 Å². The van der Waals surface area contributed by atoms with Gasteiger partial charge >= 0.3 is 0 Å². The van der Waals surface area contributed by atoms with E-state index in [1.54, 1.807) is 12.1 Å². The van der Waals surface area contributed by atoms with Crippen LogP contribution in [0.4, 0.5) is 0 Å². The van der Waals surface area contributed by atoms with Gasteiger partial charge in [-0.2, -0.15) is 0 Å². The standard InChI is InChI=1S/C28H14O3/c1-13-10-11-18-19(12-13)22-24-20(15-7-3-5-9-17(15)27(24)30)23-21(25(22)28(18)31)14-6-2-4-8-16(14)26(23)29/h2-12H,1H3. The van der Waals surface area contributed by atoms with E-state index in [1.165, 1.54) is 0 Å². The topological polar surface area (TPSA) is 51.2 Å². The minimum absolute atomic E-state index is 0.114. The van der Waals surface area contributed by atoms with E-state index in [1.807, 2.05) is 61.5 Å². The van der Waals surface area contributed by atoms with Crippen molar-refractivity contribution in [2.75, 3.05) is 0 Å². The second kappa shape index (κ2) is 5.32. The molecule has 0 N–H and O–H groups in total. The molecule has 3 heteroatoms. The van der Waals surface area contributed by atoms with Crippen LogP contribution < -0.4 is 16.3 Å². The summed E-state index contributed by atoms with van der Waals surface area (Å²) in [4.78, 5) is 40.8. The van der Waals surface area contributed by atoms with Crippen LogP contribution in [-0.4, -0.2) is 0 Å². The lowest BCUT2D eigenvalue weighted by Gasteiger charge is -2.01. The van der Waals surface area contributed by atoms with E-state index in [4.69, 9.17) is 0 Å². The normalized spacial score (nSPS) is 12.4. The van der Waals surface area contributed by atoms with Gasteiger partial charge in [0.25, 0.3) is 0 Å². The van der Waals surface area contributed by atoms with Gasteiger partial charge in [-0.1, -0.05) is 72.3 Å². The molecule has 0 aliphatic carbocycles. The van der Waals surface area contributed by atoms with E-state index >= 15 is 0 Å². The summed E-state index contributed by atoms with van der Waals surface area (Å²) >= 11 is 0. The second-order valence-corrected chi connectivity index (χ2v) is 8.38. The molecule has 0 bridgehead atoms. The summed E-state index contributed by atoms with van der Waals surface area (Å²) in [6.07, 6.45) is 0. The SMILES string of the molecule is Cc1ccc2c(=O)c3c4c5ccccc5c(=O)c4c4c5ccccc5c(=O)c4c3c2c1. The van der Waals surface area contributed by atoms with E-state index in [0.29, 0.717) is 48.5 Å². The summed E-state index contributed by atoms with van der Waals surface area (Å²) < 4.78 is 0. The molecular formula is C28H14O3. The molecule has 0 unspecified atom stereocenters. The minimum atomic E-state index is -0.117. The molecule has 0 fully saturated rings. The highest BCUT2D eigenvalue weighted by atomic mass is 16.1. The van der Waals surface area contributed by atoms with Crippen LogP contribution in [0.1, 0.15) is 5.56 Å². The van der Waals surface area contributed by atoms with Crippen LogP contribution in [0.15, 0.2) is 81.1 Å². The molecule has 0 atom stereocenters. The first-order valence-corrected chi connectivity index (χ1v) is 10.3. The molecule has 7 rings (SSSR count). The molecule has 0 saturated heterocycles. The van der Waals surface area contributed by atoms with Crippen LogP contribution in [0.25, 0.3) is 64.6 Å². The van der Waals surface area contributed by atoms with Crippen molar-refractivity contribution in [1.82, 2.24) is 0 Å². The van der Waals surface area contributed by atoms with Crippen LogP contribution >= 0.6 is 0 Å². The lowest BCUT2D eigenvalue weighted by Crippen LogP contribution is -1.99. The number of rotatable bonds is 0. The van der Waals surface area contributed by atoms with Crippen molar-refractivity contribution in [2.45, 2.75) is 6.92 Å².